The molecule has 2 aromatic rings. The standard InChI is InChI=1S/C19H23NO2/c1-14(13-21)22-16-9-7-15(8-10-16)17-11-12-20(2)19-6-4-3-5-18(17)19/h3-10,14,17,21H,11-13H2,1-2H3. The average Bonchev–Trinajstić information content (AvgIpc) is 2.56. The first kappa shape index (κ1) is 14.9. The lowest BCUT2D eigenvalue weighted by molar-refractivity contribution is 0.129. The van der Waals surface area contributed by atoms with E-state index >= 15 is 0 Å². The van der Waals surface area contributed by atoms with Gasteiger partial charge in [0.25, 0.3) is 0 Å². The van der Waals surface area contributed by atoms with Crippen molar-refractivity contribution >= 4 is 5.69 Å². The Hall–Kier alpha value is -2.00. The van der Waals surface area contributed by atoms with E-state index in [0.29, 0.717) is 5.92 Å². The number of aliphatic hydroxyl groups excluding tert-OH is 1. The van der Waals surface area contributed by atoms with Crippen molar-refractivity contribution in [3.63, 3.8) is 0 Å². The summed E-state index contributed by atoms with van der Waals surface area (Å²) in [5.74, 6) is 1.25. The molecule has 1 aliphatic rings. The Labute approximate surface area is 132 Å². The van der Waals surface area contributed by atoms with E-state index in [2.05, 4.69) is 48.3 Å². The van der Waals surface area contributed by atoms with E-state index in [1.165, 1.54) is 16.8 Å². The Bertz CT molecular complexity index is 624. The number of nitrogens with zero attached hydrogens (tertiary/aromatic N) is 1. The zero-order valence-corrected chi connectivity index (χ0v) is 13.2. The summed E-state index contributed by atoms with van der Waals surface area (Å²) >= 11 is 0. The van der Waals surface area contributed by atoms with Crippen LogP contribution in [0.4, 0.5) is 5.69 Å². The number of hydrogen-bond acceptors (Lipinski definition) is 3. The van der Waals surface area contributed by atoms with Gasteiger partial charge in [-0.1, -0.05) is 30.3 Å². The third-order valence-corrected chi connectivity index (χ3v) is 4.35. The second-order valence-corrected chi connectivity index (χ2v) is 6.00. The van der Waals surface area contributed by atoms with Crippen LogP contribution in [-0.2, 0) is 0 Å². The lowest BCUT2D eigenvalue weighted by Gasteiger charge is -2.33. The van der Waals surface area contributed by atoms with Gasteiger partial charge in [-0.05, 0) is 42.7 Å². The topological polar surface area (TPSA) is 32.7 Å². The van der Waals surface area contributed by atoms with Crippen LogP contribution in [-0.4, -0.2) is 31.4 Å². The van der Waals surface area contributed by atoms with Crippen molar-refractivity contribution < 1.29 is 9.84 Å². The third-order valence-electron chi connectivity index (χ3n) is 4.35. The predicted octanol–water partition coefficient (Wildman–Crippen LogP) is 3.42. The average molecular weight is 297 g/mol. The van der Waals surface area contributed by atoms with Crippen LogP contribution in [0, 0.1) is 0 Å². The maximum atomic E-state index is 9.06. The molecule has 0 aromatic heterocycles. The first-order valence-corrected chi connectivity index (χ1v) is 7.86. The molecule has 1 N–H and O–H groups in total. The van der Waals surface area contributed by atoms with Crippen molar-refractivity contribution in [2.75, 3.05) is 25.1 Å². The summed E-state index contributed by atoms with van der Waals surface area (Å²) < 4.78 is 5.63. The monoisotopic (exact) mass is 297 g/mol. The molecule has 116 valence electrons. The summed E-state index contributed by atoms with van der Waals surface area (Å²) in [5, 5.41) is 9.06. The fourth-order valence-electron chi connectivity index (χ4n) is 3.12. The van der Waals surface area contributed by atoms with Gasteiger partial charge in [0.05, 0.1) is 6.61 Å². The molecule has 1 aliphatic heterocycles. The largest absolute Gasteiger partial charge is 0.488 e. The minimum atomic E-state index is -0.171. The molecule has 2 atom stereocenters. The fourth-order valence-corrected chi connectivity index (χ4v) is 3.12. The first-order valence-electron chi connectivity index (χ1n) is 7.86. The highest BCUT2D eigenvalue weighted by atomic mass is 16.5. The summed E-state index contributed by atoms with van der Waals surface area (Å²) in [6.45, 7) is 2.96. The van der Waals surface area contributed by atoms with Crippen LogP contribution in [0.3, 0.4) is 0 Å². The van der Waals surface area contributed by atoms with E-state index in [4.69, 9.17) is 9.84 Å². The highest BCUT2D eigenvalue weighted by Gasteiger charge is 2.24. The summed E-state index contributed by atoms with van der Waals surface area (Å²) in [6.07, 6.45) is 0.954. The first-order chi connectivity index (χ1) is 10.7. The van der Waals surface area contributed by atoms with Gasteiger partial charge in [0.1, 0.15) is 11.9 Å². The van der Waals surface area contributed by atoms with Crippen molar-refractivity contribution in [3.8, 4) is 5.75 Å². The summed E-state index contributed by atoms with van der Waals surface area (Å²) in [4.78, 5) is 2.33. The van der Waals surface area contributed by atoms with Gasteiger partial charge in [0.2, 0.25) is 0 Å². The van der Waals surface area contributed by atoms with Crippen LogP contribution < -0.4 is 9.64 Å². The second kappa shape index (κ2) is 6.41. The van der Waals surface area contributed by atoms with Crippen molar-refractivity contribution in [1.29, 1.82) is 0 Å². The number of ether oxygens (including phenoxy) is 1. The number of rotatable bonds is 4. The molecule has 0 saturated carbocycles. The fraction of sp³-hybridized carbons (Fsp3) is 0.368. The number of aliphatic hydroxyl groups is 1. The number of benzene rings is 2. The maximum Gasteiger partial charge on any atom is 0.119 e. The molecular weight excluding hydrogens is 274 g/mol. The van der Waals surface area contributed by atoms with Gasteiger partial charge in [0.15, 0.2) is 0 Å². The van der Waals surface area contributed by atoms with Gasteiger partial charge >= 0.3 is 0 Å². The van der Waals surface area contributed by atoms with E-state index in [-0.39, 0.29) is 12.7 Å². The van der Waals surface area contributed by atoms with Gasteiger partial charge in [0, 0.05) is 25.2 Å². The maximum absolute atomic E-state index is 9.06. The number of fused-ring (bicyclic) bond motifs is 1. The number of para-hydroxylation sites is 1. The van der Waals surface area contributed by atoms with Crippen LogP contribution >= 0.6 is 0 Å². The molecular formula is C19H23NO2. The van der Waals surface area contributed by atoms with Crippen LogP contribution in [0.2, 0.25) is 0 Å². The quantitative estimate of drug-likeness (QED) is 0.938. The Balaban J connectivity index is 1.84. The normalized spacial score (nSPS) is 18.7. The number of anilines is 1. The van der Waals surface area contributed by atoms with E-state index < -0.39 is 0 Å². The molecule has 3 rings (SSSR count). The van der Waals surface area contributed by atoms with Crippen LogP contribution in [0.15, 0.2) is 48.5 Å². The Morgan fingerprint density at radius 1 is 1.18 bits per heavy atom. The minimum Gasteiger partial charge on any atom is -0.488 e. The molecule has 0 fully saturated rings. The van der Waals surface area contributed by atoms with E-state index in [1.807, 2.05) is 19.1 Å². The molecule has 0 radical (unpaired) electrons. The smallest absolute Gasteiger partial charge is 0.119 e. The van der Waals surface area contributed by atoms with Crippen molar-refractivity contribution in [2.24, 2.45) is 0 Å². The van der Waals surface area contributed by atoms with Crippen molar-refractivity contribution in [3.05, 3.63) is 59.7 Å². The lowest BCUT2D eigenvalue weighted by Crippen LogP contribution is -2.27. The SMILES string of the molecule is CC(CO)Oc1ccc(C2CCN(C)c3ccccc32)cc1. The predicted molar refractivity (Wildman–Crippen MR) is 89.8 cm³/mol. The Kier molecular flexibility index (Phi) is 4.34. The molecule has 0 aliphatic carbocycles. The molecule has 0 saturated heterocycles. The molecule has 2 unspecified atom stereocenters. The van der Waals surface area contributed by atoms with Gasteiger partial charge in [-0.3, -0.25) is 0 Å². The van der Waals surface area contributed by atoms with Crippen LogP contribution in [0.25, 0.3) is 0 Å². The molecule has 1 heterocycles. The second-order valence-electron chi connectivity index (χ2n) is 6.00. The summed E-state index contributed by atoms with van der Waals surface area (Å²) in [5.41, 5.74) is 4.05. The highest BCUT2D eigenvalue weighted by Crippen LogP contribution is 2.38. The molecule has 3 nitrogen and oxygen atoms in total. The number of hydrogen-bond donors (Lipinski definition) is 1. The van der Waals surface area contributed by atoms with Crippen LogP contribution in [0.1, 0.15) is 30.4 Å². The van der Waals surface area contributed by atoms with Crippen molar-refractivity contribution in [1.82, 2.24) is 0 Å². The third kappa shape index (κ3) is 2.95. The Morgan fingerprint density at radius 2 is 1.91 bits per heavy atom. The minimum absolute atomic E-state index is 0.0318. The summed E-state index contributed by atoms with van der Waals surface area (Å²) in [7, 11) is 2.16. The van der Waals surface area contributed by atoms with Gasteiger partial charge in [-0.15, -0.1) is 0 Å². The molecule has 22 heavy (non-hydrogen) atoms. The molecule has 0 spiro atoms. The van der Waals surface area contributed by atoms with Gasteiger partial charge in [-0.2, -0.15) is 0 Å². The molecule has 0 bridgehead atoms. The highest BCUT2D eigenvalue weighted by molar-refractivity contribution is 5.59. The summed E-state index contributed by atoms with van der Waals surface area (Å²) in [6, 6.07) is 16.9. The molecule has 0 amide bonds. The van der Waals surface area contributed by atoms with E-state index in [9.17, 15) is 0 Å². The van der Waals surface area contributed by atoms with Crippen LogP contribution in [0.5, 0.6) is 5.75 Å². The Morgan fingerprint density at radius 3 is 2.64 bits per heavy atom. The van der Waals surface area contributed by atoms with Gasteiger partial charge in [-0.25, -0.2) is 0 Å². The lowest BCUT2D eigenvalue weighted by atomic mass is 9.84. The molecule has 3 heteroatoms. The molecule has 2 aromatic carbocycles. The zero-order valence-electron chi connectivity index (χ0n) is 13.2. The van der Waals surface area contributed by atoms with E-state index in [0.717, 1.165) is 18.7 Å². The zero-order chi connectivity index (χ0) is 15.5. The van der Waals surface area contributed by atoms with Gasteiger partial charge < -0.3 is 14.7 Å². The van der Waals surface area contributed by atoms with Crippen molar-refractivity contribution in [2.45, 2.75) is 25.4 Å². The van der Waals surface area contributed by atoms with E-state index in [1.54, 1.807) is 0 Å².